The van der Waals surface area contributed by atoms with Crippen molar-refractivity contribution in [3.05, 3.63) is 59.2 Å². The molecule has 0 aliphatic carbocycles. The highest BCUT2D eigenvalue weighted by molar-refractivity contribution is 5.94. The fourth-order valence-electron chi connectivity index (χ4n) is 2.58. The van der Waals surface area contributed by atoms with Crippen LogP contribution in [0.15, 0.2) is 42.5 Å². The normalized spacial score (nSPS) is 16.1. The van der Waals surface area contributed by atoms with Crippen LogP contribution in [0.1, 0.15) is 21.5 Å². The second-order valence-corrected chi connectivity index (χ2v) is 5.29. The number of rotatable bonds is 4. The molecule has 1 atom stereocenters. The molecule has 0 saturated heterocycles. The summed E-state index contributed by atoms with van der Waals surface area (Å²) in [4.78, 5) is 11.3. The SMILES string of the molecule is Cc1ccc(NCC2Cc3ccccc3O2)c(C(=O)O)c1. The number of aromatic carboxylic acids is 1. The second-order valence-electron chi connectivity index (χ2n) is 5.29. The molecule has 0 amide bonds. The Morgan fingerprint density at radius 3 is 2.90 bits per heavy atom. The molecular weight excluding hydrogens is 266 g/mol. The quantitative estimate of drug-likeness (QED) is 0.905. The van der Waals surface area contributed by atoms with Gasteiger partial charge >= 0.3 is 5.97 Å². The number of hydrogen-bond acceptors (Lipinski definition) is 3. The van der Waals surface area contributed by atoms with Crippen molar-refractivity contribution in [3.8, 4) is 5.75 Å². The van der Waals surface area contributed by atoms with Crippen molar-refractivity contribution in [2.75, 3.05) is 11.9 Å². The zero-order valence-electron chi connectivity index (χ0n) is 11.8. The van der Waals surface area contributed by atoms with Crippen LogP contribution >= 0.6 is 0 Å². The van der Waals surface area contributed by atoms with E-state index in [-0.39, 0.29) is 6.10 Å². The average Bonchev–Trinajstić information content (AvgIpc) is 2.88. The highest BCUT2D eigenvalue weighted by Gasteiger charge is 2.22. The van der Waals surface area contributed by atoms with Gasteiger partial charge in [0.1, 0.15) is 11.9 Å². The van der Waals surface area contributed by atoms with E-state index in [1.807, 2.05) is 31.2 Å². The Labute approximate surface area is 123 Å². The zero-order valence-corrected chi connectivity index (χ0v) is 11.8. The van der Waals surface area contributed by atoms with Crippen molar-refractivity contribution in [1.29, 1.82) is 0 Å². The van der Waals surface area contributed by atoms with Gasteiger partial charge in [-0.15, -0.1) is 0 Å². The summed E-state index contributed by atoms with van der Waals surface area (Å²) in [5.41, 5.74) is 3.06. The van der Waals surface area contributed by atoms with Gasteiger partial charge in [-0.05, 0) is 30.7 Å². The van der Waals surface area contributed by atoms with Crippen LogP contribution in [0.25, 0.3) is 0 Å². The molecule has 4 nitrogen and oxygen atoms in total. The Hall–Kier alpha value is -2.49. The maximum Gasteiger partial charge on any atom is 0.337 e. The molecule has 1 aliphatic rings. The Morgan fingerprint density at radius 1 is 1.33 bits per heavy atom. The third-order valence-electron chi connectivity index (χ3n) is 3.64. The molecule has 4 heteroatoms. The third-order valence-corrected chi connectivity index (χ3v) is 3.64. The zero-order chi connectivity index (χ0) is 14.8. The lowest BCUT2D eigenvalue weighted by molar-refractivity contribution is 0.0697. The fraction of sp³-hybridized carbons (Fsp3) is 0.235. The number of anilines is 1. The smallest absolute Gasteiger partial charge is 0.337 e. The van der Waals surface area contributed by atoms with E-state index in [1.54, 1.807) is 12.1 Å². The molecule has 2 aromatic carbocycles. The van der Waals surface area contributed by atoms with Gasteiger partial charge in [0, 0.05) is 12.1 Å². The van der Waals surface area contributed by atoms with E-state index in [2.05, 4.69) is 11.4 Å². The van der Waals surface area contributed by atoms with E-state index >= 15 is 0 Å². The topological polar surface area (TPSA) is 58.6 Å². The van der Waals surface area contributed by atoms with Crippen molar-refractivity contribution in [3.63, 3.8) is 0 Å². The third kappa shape index (κ3) is 2.84. The predicted octanol–water partition coefficient (Wildman–Crippen LogP) is 3.11. The van der Waals surface area contributed by atoms with Crippen LogP contribution in [0, 0.1) is 6.92 Å². The molecule has 0 bridgehead atoms. The first-order valence-electron chi connectivity index (χ1n) is 6.96. The van der Waals surface area contributed by atoms with Crippen LogP contribution in [0.3, 0.4) is 0 Å². The Morgan fingerprint density at radius 2 is 2.14 bits per heavy atom. The molecule has 0 fully saturated rings. The Kier molecular flexibility index (Phi) is 3.52. The van der Waals surface area contributed by atoms with Crippen LogP contribution in [0.2, 0.25) is 0 Å². The van der Waals surface area contributed by atoms with Crippen molar-refractivity contribution in [1.82, 2.24) is 0 Å². The summed E-state index contributed by atoms with van der Waals surface area (Å²) in [6.07, 6.45) is 0.877. The summed E-state index contributed by atoms with van der Waals surface area (Å²) in [7, 11) is 0. The van der Waals surface area contributed by atoms with E-state index in [9.17, 15) is 9.90 Å². The summed E-state index contributed by atoms with van der Waals surface area (Å²) < 4.78 is 5.84. The van der Waals surface area contributed by atoms with Gasteiger partial charge < -0.3 is 15.2 Å². The molecule has 0 radical (unpaired) electrons. The maximum atomic E-state index is 11.3. The van der Waals surface area contributed by atoms with Gasteiger partial charge in [-0.2, -0.15) is 0 Å². The first kappa shape index (κ1) is 13.5. The first-order chi connectivity index (χ1) is 10.1. The highest BCUT2D eigenvalue weighted by atomic mass is 16.5. The van der Waals surface area contributed by atoms with E-state index in [0.29, 0.717) is 17.8 Å². The number of nitrogens with one attached hydrogen (secondary N) is 1. The molecule has 3 rings (SSSR count). The summed E-state index contributed by atoms with van der Waals surface area (Å²) >= 11 is 0. The number of carboxylic acid groups (broad SMARTS) is 1. The van der Waals surface area contributed by atoms with E-state index in [4.69, 9.17) is 4.74 Å². The lowest BCUT2D eigenvalue weighted by atomic mass is 10.1. The molecular formula is C17H17NO3. The standard InChI is InChI=1S/C17H17NO3/c1-11-6-7-15(14(8-11)17(19)20)18-10-13-9-12-4-2-3-5-16(12)21-13/h2-8,13,18H,9-10H2,1H3,(H,19,20). The van der Waals surface area contributed by atoms with Gasteiger partial charge in [-0.1, -0.05) is 29.8 Å². The number of fused-ring (bicyclic) bond motifs is 1. The van der Waals surface area contributed by atoms with Gasteiger partial charge in [0.2, 0.25) is 0 Å². The van der Waals surface area contributed by atoms with Crippen LogP contribution in [-0.4, -0.2) is 23.7 Å². The maximum absolute atomic E-state index is 11.3. The molecule has 1 unspecified atom stereocenters. The van der Waals surface area contributed by atoms with Gasteiger partial charge in [-0.3, -0.25) is 0 Å². The summed E-state index contributed by atoms with van der Waals surface area (Å²) in [6.45, 7) is 2.46. The van der Waals surface area contributed by atoms with Crippen LogP contribution < -0.4 is 10.1 Å². The second kappa shape index (κ2) is 5.48. The molecule has 0 saturated carbocycles. The van der Waals surface area contributed by atoms with Crippen LogP contribution in [0.4, 0.5) is 5.69 Å². The molecule has 2 aromatic rings. The lowest BCUT2D eigenvalue weighted by Crippen LogP contribution is -2.24. The monoisotopic (exact) mass is 283 g/mol. The molecule has 1 heterocycles. The van der Waals surface area contributed by atoms with E-state index in [0.717, 1.165) is 17.7 Å². The summed E-state index contributed by atoms with van der Waals surface area (Å²) in [5, 5.41) is 12.4. The minimum Gasteiger partial charge on any atom is -0.488 e. The first-order valence-corrected chi connectivity index (χ1v) is 6.96. The van der Waals surface area contributed by atoms with Gasteiger partial charge in [0.15, 0.2) is 0 Å². The fourth-order valence-corrected chi connectivity index (χ4v) is 2.58. The summed E-state index contributed by atoms with van der Waals surface area (Å²) in [5.74, 6) is 0.00323. The number of carbonyl (C=O) groups is 1. The lowest BCUT2D eigenvalue weighted by Gasteiger charge is -2.14. The van der Waals surface area contributed by atoms with Crippen LogP contribution in [0.5, 0.6) is 5.75 Å². The number of carboxylic acids is 1. The van der Waals surface area contributed by atoms with E-state index < -0.39 is 5.97 Å². The molecule has 1 aliphatic heterocycles. The number of aryl methyl sites for hydroxylation is 1. The average molecular weight is 283 g/mol. The summed E-state index contributed by atoms with van der Waals surface area (Å²) in [6, 6.07) is 13.4. The number of hydrogen-bond donors (Lipinski definition) is 2. The Balaban J connectivity index is 1.68. The Bertz CT molecular complexity index is 656. The van der Waals surface area contributed by atoms with Crippen molar-refractivity contribution >= 4 is 11.7 Å². The molecule has 0 spiro atoms. The van der Waals surface area contributed by atoms with Crippen molar-refractivity contribution in [2.24, 2.45) is 0 Å². The van der Waals surface area contributed by atoms with E-state index in [1.165, 1.54) is 5.56 Å². The number of para-hydroxylation sites is 1. The van der Waals surface area contributed by atoms with Crippen molar-refractivity contribution in [2.45, 2.75) is 19.4 Å². The highest BCUT2D eigenvalue weighted by Crippen LogP contribution is 2.28. The van der Waals surface area contributed by atoms with Gasteiger partial charge in [-0.25, -0.2) is 4.79 Å². The van der Waals surface area contributed by atoms with Gasteiger partial charge in [0.25, 0.3) is 0 Å². The molecule has 0 aromatic heterocycles. The minimum absolute atomic E-state index is 0.0327. The van der Waals surface area contributed by atoms with Crippen LogP contribution in [-0.2, 0) is 6.42 Å². The largest absolute Gasteiger partial charge is 0.488 e. The molecule has 108 valence electrons. The number of ether oxygens (including phenoxy) is 1. The molecule has 2 N–H and O–H groups in total. The predicted molar refractivity (Wildman–Crippen MR) is 81.2 cm³/mol. The van der Waals surface area contributed by atoms with Gasteiger partial charge in [0.05, 0.1) is 12.1 Å². The minimum atomic E-state index is -0.920. The van der Waals surface area contributed by atoms with Crippen molar-refractivity contribution < 1.29 is 14.6 Å². The number of benzene rings is 2. The molecule has 21 heavy (non-hydrogen) atoms.